The highest BCUT2D eigenvalue weighted by Gasteiger charge is 2.48. The fourth-order valence-corrected chi connectivity index (χ4v) is 5.66. The Bertz CT molecular complexity index is 1020. The van der Waals surface area contributed by atoms with Crippen LogP contribution >= 0.6 is 34.3 Å². The zero-order chi connectivity index (χ0) is 19.7. The first kappa shape index (κ1) is 19.3. The van der Waals surface area contributed by atoms with Crippen LogP contribution in [-0.2, 0) is 10.3 Å². The fraction of sp³-hybridized carbons (Fsp3) is 0.286. The maximum absolute atomic E-state index is 13.3. The minimum Gasteiger partial charge on any atom is -0.323 e. The summed E-state index contributed by atoms with van der Waals surface area (Å²) in [6, 6.07) is 9.31. The Morgan fingerprint density at radius 3 is 2.75 bits per heavy atom. The van der Waals surface area contributed by atoms with E-state index < -0.39 is 5.54 Å². The third-order valence-corrected chi connectivity index (χ3v) is 7.25. The van der Waals surface area contributed by atoms with Crippen molar-refractivity contribution >= 4 is 46.0 Å². The van der Waals surface area contributed by atoms with Gasteiger partial charge in [0.05, 0.1) is 0 Å². The van der Waals surface area contributed by atoms with Gasteiger partial charge in [0, 0.05) is 40.4 Å². The van der Waals surface area contributed by atoms with Crippen LogP contribution in [0, 0.1) is 0 Å². The van der Waals surface area contributed by atoms with Crippen LogP contribution in [0.15, 0.2) is 46.5 Å². The molecule has 1 saturated carbocycles. The lowest BCUT2D eigenvalue weighted by Gasteiger charge is -2.43. The van der Waals surface area contributed by atoms with Gasteiger partial charge in [-0.05, 0) is 36.8 Å². The minimum atomic E-state index is -1.04. The maximum Gasteiger partial charge on any atom is 0.274 e. The zero-order valence-corrected chi connectivity index (χ0v) is 17.7. The number of hydrogen-bond donors (Lipinski definition) is 0. The topological polar surface area (TPSA) is 50.3 Å². The molecule has 3 aromatic rings. The highest BCUT2D eigenvalue weighted by atomic mass is 35.5. The van der Waals surface area contributed by atoms with E-state index in [4.69, 9.17) is 11.6 Å². The van der Waals surface area contributed by atoms with Crippen molar-refractivity contribution in [1.29, 1.82) is 0 Å². The molecule has 2 aromatic heterocycles. The number of Topliss-reactive ketones (excluding diaryl/α,β-unsaturated/α-hetero) is 1. The molecule has 0 saturated heterocycles. The van der Waals surface area contributed by atoms with Crippen LogP contribution in [0.3, 0.4) is 0 Å². The number of nitrogens with zero attached hydrogens (tertiary/aromatic N) is 2. The molecule has 0 N–H and O–H groups in total. The lowest BCUT2D eigenvalue weighted by molar-refractivity contribution is -0.132. The molecule has 4 rings (SSSR count). The van der Waals surface area contributed by atoms with Crippen molar-refractivity contribution in [2.45, 2.75) is 31.2 Å². The average Bonchev–Trinajstić information content (AvgIpc) is 3.40. The molecular weight excluding hydrogens is 412 g/mol. The van der Waals surface area contributed by atoms with Gasteiger partial charge in [-0.15, -0.1) is 11.3 Å². The third kappa shape index (κ3) is 3.19. The van der Waals surface area contributed by atoms with Gasteiger partial charge in [0.1, 0.15) is 16.2 Å². The summed E-state index contributed by atoms with van der Waals surface area (Å²) in [7, 11) is 1.69. The van der Waals surface area contributed by atoms with Crippen molar-refractivity contribution in [1.82, 2.24) is 9.88 Å². The molecule has 0 radical (unpaired) electrons. The minimum absolute atomic E-state index is 0.0380. The number of amides is 1. The first-order chi connectivity index (χ1) is 13.5. The second kappa shape index (κ2) is 7.78. The quantitative estimate of drug-likeness (QED) is 0.538. The Morgan fingerprint density at radius 2 is 2.04 bits per heavy atom. The van der Waals surface area contributed by atoms with Crippen molar-refractivity contribution in [3.05, 3.63) is 62.8 Å². The van der Waals surface area contributed by atoms with E-state index in [2.05, 4.69) is 4.98 Å². The first-order valence-electron chi connectivity index (χ1n) is 9.08. The number of carbonyl (C=O) groups excluding carboxylic acids is 2. The molecule has 0 spiro atoms. The molecule has 1 aliphatic carbocycles. The molecule has 1 fully saturated rings. The summed E-state index contributed by atoms with van der Waals surface area (Å²) in [4.78, 5) is 32.6. The van der Waals surface area contributed by atoms with Gasteiger partial charge < -0.3 is 4.90 Å². The van der Waals surface area contributed by atoms with E-state index in [9.17, 15) is 9.59 Å². The van der Waals surface area contributed by atoms with Crippen LogP contribution in [0.5, 0.6) is 0 Å². The number of carbonyl (C=O) groups is 2. The summed E-state index contributed by atoms with van der Waals surface area (Å²) in [5.41, 5.74) is 1.02. The summed E-state index contributed by atoms with van der Waals surface area (Å²) in [6.07, 6.45) is 2.72. The number of hydrogen-bond acceptors (Lipinski definition) is 5. The molecule has 1 aromatic carbocycles. The van der Waals surface area contributed by atoms with Gasteiger partial charge in [0.15, 0.2) is 5.78 Å². The Kier molecular flexibility index (Phi) is 5.36. The number of thiophene rings is 1. The van der Waals surface area contributed by atoms with Crippen LogP contribution in [-0.4, -0.2) is 28.6 Å². The van der Waals surface area contributed by atoms with Crippen molar-refractivity contribution in [3.8, 4) is 10.6 Å². The normalized spacial score (nSPS) is 19.6. The molecule has 0 bridgehead atoms. The molecular formula is C21H19ClN2O2S2. The van der Waals surface area contributed by atoms with Crippen LogP contribution in [0.25, 0.3) is 10.6 Å². The smallest absolute Gasteiger partial charge is 0.274 e. The SMILES string of the molecule is CN(C(=O)c1csc(-c2ccsc2)n1)C1(c2ccccc2Cl)CCCCC1=O. The molecule has 0 aliphatic heterocycles. The fourth-order valence-electron chi connectivity index (χ4n) is 3.87. The Hall–Kier alpha value is -2.02. The molecule has 1 unspecified atom stereocenters. The zero-order valence-electron chi connectivity index (χ0n) is 15.4. The number of aromatic nitrogens is 1. The predicted octanol–water partition coefficient (Wildman–Crippen LogP) is 5.64. The van der Waals surface area contributed by atoms with Crippen molar-refractivity contribution in [2.75, 3.05) is 7.05 Å². The van der Waals surface area contributed by atoms with E-state index in [1.54, 1.807) is 34.7 Å². The van der Waals surface area contributed by atoms with Crippen LogP contribution in [0.1, 0.15) is 41.7 Å². The van der Waals surface area contributed by atoms with Crippen molar-refractivity contribution in [2.24, 2.45) is 0 Å². The van der Waals surface area contributed by atoms with E-state index in [1.165, 1.54) is 11.3 Å². The van der Waals surface area contributed by atoms with Crippen LogP contribution in [0.2, 0.25) is 5.02 Å². The molecule has 1 aliphatic rings. The lowest BCUT2D eigenvalue weighted by atomic mass is 9.74. The molecule has 4 nitrogen and oxygen atoms in total. The number of ketones is 1. The molecule has 1 atom stereocenters. The van der Waals surface area contributed by atoms with E-state index in [1.807, 2.05) is 35.0 Å². The number of thiazole rings is 1. The second-order valence-corrected chi connectivity index (χ2v) is 8.93. The van der Waals surface area contributed by atoms with Gasteiger partial charge in [0.25, 0.3) is 5.91 Å². The Morgan fingerprint density at radius 1 is 1.21 bits per heavy atom. The van der Waals surface area contributed by atoms with E-state index in [0.29, 0.717) is 29.1 Å². The van der Waals surface area contributed by atoms with E-state index >= 15 is 0 Å². The van der Waals surface area contributed by atoms with Gasteiger partial charge in [-0.1, -0.05) is 29.8 Å². The second-order valence-electron chi connectivity index (χ2n) is 6.88. The summed E-state index contributed by atoms with van der Waals surface area (Å²) in [5.74, 6) is -0.219. The standard InChI is InChI=1S/C21H19ClN2O2S2/c1-24(20(26)17-13-28-19(23-17)14-9-11-27-12-14)21(10-5-4-8-18(21)25)15-6-2-3-7-16(15)22/h2-3,6-7,9,11-13H,4-5,8,10H2,1H3. The van der Waals surface area contributed by atoms with Crippen molar-refractivity contribution in [3.63, 3.8) is 0 Å². The molecule has 2 heterocycles. The third-order valence-electron chi connectivity index (χ3n) is 5.34. The Balaban J connectivity index is 1.74. The molecule has 28 heavy (non-hydrogen) atoms. The summed E-state index contributed by atoms with van der Waals surface area (Å²) in [6.45, 7) is 0. The first-order valence-corrected chi connectivity index (χ1v) is 11.3. The molecule has 7 heteroatoms. The summed E-state index contributed by atoms with van der Waals surface area (Å²) in [5, 5.41) is 7.07. The largest absolute Gasteiger partial charge is 0.323 e. The highest BCUT2D eigenvalue weighted by Crippen LogP contribution is 2.43. The van der Waals surface area contributed by atoms with E-state index in [-0.39, 0.29) is 11.7 Å². The number of likely N-dealkylation sites (N-methyl/N-ethyl adjacent to an activating group) is 1. The predicted molar refractivity (Wildman–Crippen MR) is 114 cm³/mol. The molecule has 1 amide bonds. The monoisotopic (exact) mass is 430 g/mol. The van der Waals surface area contributed by atoms with Crippen molar-refractivity contribution < 1.29 is 9.59 Å². The Labute approximate surface area is 176 Å². The van der Waals surface area contributed by atoms with Gasteiger partial charge in [-0.25, -0.2) is 4.98 Å². The van der Waals surface area contributed by atoms with E-state index in [0.717, 1.165) is 23.4 Å². The molecule has 144 valence electrons. The number of halogens is 1. The average molecular weight is 431 g/mol. The number of rotatable bonds is 4. The van der Waals surface area contributed by atoms with Gasteiger partial charge in [-0.2, -0.15) is 11.3 Å². The van der Waals surface area contributed by atoms with Gasteiger partial charge in [-0.3, -0.25) is 9.59 Å². The summed E-state index contributed by atoms with van der Waals surface area (Å²) < 4.78 is 0. The highest BCUT2D eigenvalue weighted by molar-refractivity contribution is 7.14. The van der Waals surface area contributed by atoms with Crippen LogP contribution in [0.4, 0.5) is 0 Å². The number of benzene rings is 1. The van der Waals surface area contributed by atoms with Crippen LogP contribution < -0.4 is 0 Å². The lowest BCUT2D eigenvalue weighted by Crippen LogP contribution is -2.54. The summed E-state index contributed by atoms with van der Waals surface area (Å²) >= 11 is 9.50. The van der Waals surface area contributed by atoms with Gasteiger partial charge >= 0.3 is 0 Å². The maximum atomic E-state index is 13.3. The van der Waals surface area contributed by atoms with Gasteiger partial charge in [0.2, 0.25) is 0 Å².